The lowest BCUT2D eigenvalue weighted by molar-refractivity contribution is 0.677. The number of nitrogens with zero attached hydrogens (tertiary/aromatic N) is 1. The second-order valence-corrected chi connectivity index (χ2v) is 5.79. The molecular weight excluding hydrogens is 256 g/mol. The van der Waals surface area contributed by atoms with Gasteiger partial charge in [-0.2, -0.15) is 0 Å². The fraction of sp³-hybridized carbons (Fsp3) is 0.368. The molecule has 0 aromatic heterocycles. The van der Waals surface area contributed by atoms with E-state index >= 15 is 0 Å². The van der Waals surface area contributed by atoms with Crippen molar-refractivity contribution in [2.45, 2.75) is 32.7 Å². The third kappa shape index (κ3) is 4.01. The van der Waals surface area contributed by atoms with Crippen LogP contribution >= 0.6 is 0 Å². The van der Waals surface area contributed by atoms with Gasteiger partial charge in [0.15, 0.2) is 0 Å². The first-order valence-corrected chi connectivity index (χ1v) is 7.71. The summed E-state index contributed by atoms with van der Waals surface area (Å²) in [6, 6.07) is 17.7. The van der Waals surface area contributed by atoms with Crippen LogP contribution in [0.15, 0.2) is 48.5 Å². The molecule has 2 rings (SSSR count). The van der Waals surface area contributed by atoms with Crippen molar-refractivity contribution in [3.05, 3.63) is 59.7 Å². The van der Waals surface area contributed by atoms with Crippen LogP contribution in [0.4, 0.5) is 11.4 Å². The summed E-state index contributed by atoms with van der Waals surface area (Å²) in [6.45, 7) is 4.41. The fourth-order valence-electron chi connectivity index (χ4n) is 2.57. The van der Waals surface area contributed by atoms with Gasteiger partial charge in [0.2, 0.25) is 0 Å². The topological polar surface area (TPSA) is 15.3 Å². The Morgan fingerprint density at radius 3 is 2.33 bits per heavy atom. The number of rotatable bonds is 6. The highest BCUT2D eigenvalue weighted by molar-refractivity contribution is 5.60. The lowest BCUT2D eigenvalue weighted by Crippen LogP contribution is -2.12. The number of hydrogen-bond donors (Lipinski definition) is 1. The lowest BCUT2D eigenvalue weighted by atomic mass is 10.0. The van der Waals surface area contributed by atoms with Crippen LogP contribution in [0.5, 0.6) is 0 Å². The normalized spacial score (nSPS) is 12.0. The Morgan fingerprint density at radius 2 is 1.76 bits per heavy atom. The summed E-state index contributed by atoms with van der Waals surface area (Å²) < 4.78 is 0. The van der Waals surface area contributed by atoms with Crippen LogP contribution in [0.2, 0.25) is 0 Å². The second-order valence-electron chi connectivity index (χ2n) is 5.79. The largest absolute Gasteiger partial charge is 0.378 e. The predicted molar refractivity (Wildman–Crippen MR) is 93.2 cm³/mol. The van der Waals surface area contributed by atoms with Crippen molar-refractivity contribution in [1.82, 2.24) is 0 Å². The van der Waals surface area contributed by atoms with E-state index in [9.17, 15) is 0 Å². The number of benzene rings is 2. The monoisotopic (exact) mass is 282 g/mol. The molecule has 112 valence electrons. The highest BCUT2D eigenvalue weighted by Crippen LogP contribution is 2.28. The van der Waals surface area contributed by atoms with E-state index in [0.717, 1.165) is 6.42 Å². The van der Waals surface area contributed by atoms with Crippen LogP contribution in [0.25, 0.3) is 0 Å². The Bertz CT molecular complexity index is 561. The Kier molecular flexibility index (Phi) is 5.26. The standard InChI is InChI=1S/C19H26N2/c1-5-9-19(16-10-7-6-8-11-16)20-18-13-12-17(21(3)4)14-15(18)2/h6-8,10-14,19-20H,5,9H2,1-4H3. The smallest absolute Gasteiger partial charge is 0.0513 e. The van der Waals surface area contributed by atoms with Crippen molar-refractivity contribution in [3.8, 4) is 0 Å². The van der Waals surface area contributed by atoms with Gasteiger partial charge in [0, 0.05) is 25.5 Å². The van der Waals surface area contributed by atoms with Crippen LogP contribution in [0.1, 0.15) is 36.9 Å². The minimum absolute atomic E-state index is 0.375. The van der Waals surface area contributed by atoms with Crippen molar-refractivity contribution in [2.75, 3.05) is 24.3 Å². The SMILES string of the molecule is CCCC(Nc1ccc(N(C)C)cc1C)c1ccccc1. The van der Waals surface area contributed by atoms with Crippen molar-refractivity contribution in [2.24, 2.45) is 0 Å². The summed E-state index contributed by atoms with van der Waals surface area (Å²) in [4.78, 5) is 2.14. The van der Waals surface area contributed by atoms with Gasteiger partial charge in [-0.15, -0.1) is 0 Å². The Morgan fingerprint density at radius 1 is 1.05 bits per heavy atom. The number of nitrogens with one attached hydrogen (secondary N) is 1. The molecule has 0 saturated carbocycles. The van der Waals surface area contributed by atoms with E-state index in [2.05, 4.69) is 86.7 Å². The molecule has 0 aliphatic rings. The number of anilines is 2. The molecule has 1 N–H and O–H groups in total. The highest BCUT2D eigenvalue weighted by Gasteiger charge is 2.11. The molecule has 0 saturated heterocycles. The van der Waals surface area contributed by atoms with Crippen LogP contribution in [-0.2, 0) is 0 Å². The summed E-state index contributed by atoms with van der Waals surface area (Å²) in [6.07, 6.45) is 2.31. The van der Waals surface area contributed by atoms with E-state index in [1.165, 1.54) is 28.9 Å². The molecule has 0 aliphatic carbocycles. The third-order valence-electron chi connectivity index (χ3n) is 3.84. The predicted octanol–water partition coefficient (Wildman–Crippen LogP) is 5.01. The van der Waals surface area contributed by atoms with Crippen LogP contribution < -0.4 is 10.2 Å². The molecule has 0 heterocycles. The molecule has 2 aromatic rings. The van der Waals surface area contributed by atoms with E-state index < -0.39 is 0 Å². The summed E-state index contributed by atoms with van der Waals surface area (Å²) in [5, 5.41) is 3.71. The van der Waals surface area contributed by atoms with Crippen molar-refractivity contribution >= 4 is 11.4 Å². The summed E-state index contributed by atoms with van der Waals surface area (Å²) in [7, 11) is 4.15. The van der Waals surface area contributed by atoms with E-state index in [1.807, 2.05) is 0 Å². The minimum atomic E-state index is 0.375. The van der Waals surface area contributed by atoms with Gasteiger partial charge in [0.1, 0.15) is 0 Å². The number of aryl methyl sites for hydroxylation is 1. The average Bonchev–Trinajstić information content (AvgIpc) is 2.49. The zero-order chi connectivity index (χ0) is 15.2. The first-order valence-electron chi connectivity index (χ1n) is 7.71. The third-order valence-corrected chi connectivity index (χ3v) is 3.84. The Balaban J connectivity index is 2.21. The molecule has 2 aromatic carbocycles. The highest BCUT2D eigenvalue weighted by atomic mass is 15.1. The summed E-state index contributed by atoms with van der Waals surface area (Å²) >= 11 is 0. The maximum absolute atomic E-state index is 3.71. The molecule has 0 fully saturated rings. The van der Waals surface area contributed by atoms with Crippen molar-refractivity contribution in [3.63, 3.8) is 0 Å². The van der Waals surface area contributed by atoms with Gasteiger partial charge >= 0.3 is 0 Å². The molecule has 21 heavy (non-hydrogen) atoms. The van der Waals surface area contributed by atoms with Gasteiger partial charge in [-0.3, -0.25) is 0 Å². The van der Waals surface area contributed by atoms with Gasteiger partial charge < -0.3 is 10.2 Å². The Hall–Kier alpha value is -1.96. The van der Waals surface area contributed by atoms with Crippen LogP contribution in [0, 0.1) is 6.92 Å². The molecule has 0 bridgehead atoms. The van der Waals surface area contributed by atoms with Gasteiger partial charge in [-0.05, 0) is 42.7 Å². The quantitative estimate of drug-likeness (QED) is 0.800. The zero-order valence-electron chi connectivity index (χ0n) is 13.6. The van der Waals surface area contributed by atoms with Crippen molar-refractivity contribution in [1.29, 1.82) is 0 Å². The van der Waals surface area contributed by atoms with Gasteiger partial charge in [-0.1, -0.05) is 43.7 Å². The molecule has 2 heteroatoms. The molecule has 0 amide bonds. The van der Waals surface area contributed by atoms with E-state index in [-0.39, 0.29) is 0 Å². The first kappa shape index (κ1) is 15.4. The molecule has 1 unspecified atom stereocenters. The molecule has 0 radical (unpaired) electrons. The number of hydrogen-bond acceptors (Lipinski definition) is 2. The van der Waals surface area contributed by atoms with Gasteiger partial charge in [0.25, 0.3) is 0 Å². The van der Waals surface area contributed by atoms with E-state index in [0.29, 0.717) is 6.04 Å². The molecule has 1 atom stereocenters. The maximum Gasteiger partial charge on any atom is 0.0513 e. The lowest BCUT2D eigenvalue weighted by Gasteiger charge is -2.22. The first-order chi connectivity index (χ1) is 10.1. The summed E-state index contributed by atoms with van der Waals surface area (Å²) in [5.41, 5.74) is 5.11. The maximum atomic E-state index is 3.71. The average molecular weight is 282 g/mol. The van der Waals surface area contributed by atoms with Crippen molar-refractivity contribution < 1.29 is 0 Å². The summed E-state index contributed by atoms with van der Waals surface area (Å²) in [5.74, 6) is 0. The van der Waals surface area contributed by atoms with Crippen LogP contribution in [0.3, 0.4) is 0 Å². The fourth-order valence-corrected chi connectivity index (χ4v) is 2.57. The zero-order valence-corrected chi connectivity index (χ0v) is 13.6. The minimum Gasteiger partial charge on any atom is -0.378 e. The van der Waals surface area contributed by atoms with Crippen LogP contribution in [-0.4, -0.2) is 14.1 Å². The van der Waals surface area contributed by atoms with Gasteiger partial charge in [-0.25, -0.2) is 0 Å². The van der Waals surface area contributed by atoms with Gasteiger partial charge in [0.05, 0.1) is 6.04 Å². The molecule has 2 nitrogen and oxygen atoms in total. The van der Waals surface area contributed by atoms with E-state index in [4.69, 9.17) is 0 Å². The molecule has 0 aliphatic heterocycles. The molecule has 0 spiro atoms. The Labute approximate surface area is 128 Å². The molecular formula is C19H26N2. The second kappa shape index (κ2) is 7.16. The van der Waals surface area contributed by atoms with E-state index in [1.54, 1.807) is 0 Å².